The quantitative estimate of drug-likeness (QED) is 0.432. The maximum Gasteiger partial charge on any atom is 0.0708 e. The molecule has 0 unspecified atom stereocenters. The molecule has 1 aromatic heterocycles. The first-order chi connectivity index (χ1) is 8.95. The maximum absolute atomic E-state index is 7.00. The SMILES string of the molecule is C.CO.O.[Cl][Pt].[NH2-].[NH2-].c1ccc2c(c1)cnc1ccccc12. The van der Waals surface area contributed by atoms with Crippen LogP contribution in [0.3, 0.4) is 0 Å². The second-order valence-corrected chi connectivity index (χ2v) is 3.36. The first kappa shape index (κ1) is 29.0. The van der Waals surface area contributed by atoms with Crippen LogP contribution in [0, 0.1) is 0 Å². The molecule has 3 rings (SSSR count). The molecule has 0 aliphatic rings. The molecule has 22 heavy (non-hydrogen) atoms. The minimum absolute atomic E-state index is 0. The molecule has 129 valence electrons. The Bertz CT molecular complexity index is 572. The molecule has 7 heteroatoms. The number of aromatic nitrogens is 1. The molecule has 0 amide bonds. The fraction of sp³-hybridized carbons (Fsp3) is 0.133. The third-order valence-corrected chi connectivity index (χ3v) is 2.50. The van der Waals surface area contributed by atoms with Gasteiger partial charge in [0.25, 0.3) is 0 Å². The van der Waals surface area contributed by atoms with Crippen molar-refractivity contribution >= 4 is 31.1 Å². The Hall–Kier alpha value is -1.07. The predicted molar refractivity (Wildman–Crippen MR) is 94.2 cm³/mol. The van der Waals surface area contributed by atoms with Crippen LogP contribution in [0.1, 0.15) is 7.43 Å². The zero-order chi connectivity index (χ0) is 13.4. The number of aliphatic hydroxyl groups is 1. The van der Waals surface area contributed by atoms with E-state index in [0.717, 1.165) is 12.6 Å². The molecular formula is C15H23ClN3O2Pt-2. The van der Waals surface area contributed by atoms with Crippen molar-refractivity contribution in [1.29, 1.82) is 0 Å². The smallest absolute Gasteiger partial charge is 0.0708 e. The van der Waals surface area contributed by atoms with Crippen LogP contribution in [0.5, 0.6) is 0 Å². The van der Waals surface area contributed by atoms with Gasteiger partial charge in [-0.1, -0.05) is 49.9 Å². The van der Waals surface area contributed by atoms with E-state index in [1.54, 1.807) is 18.8 Å². The van der Waals surface area contributed by atoms with Crippen molar-refractivity contribution in [3.8, 4) is 0 Å². The van der Waals surface area contributed by atoms with Crippen LogP contribution in [-0.4, -0.2) is 22.7 Å². The van der Waals surface area contributed by atoms with E-state index in [4.69, 9.17) is 5.11 Å². The van der Waals surface area contributed by atoms with E-state index in [2.05, 4.69) is 44.7 Å². The number of hydrogen-bond donors (Lipinski definition) is 1. The van der Waals surface area contributed by atoms with Gasteiger partial charge in [0.15, 0.2) is 0 Å². The fourth-order valence-electron chi connectivity index (χ4n) is 1.81. The van der Waals surface area contributed by atoms with Gasteiger partial charge in [-0.05, 0) is 11.5 Å². The third kappa shape index (κ3) is 6.79. The zero-order valence-electron chi connectivity index (χ0n) is 11.4. The van der Waals surface area contributed by atoms with Gasteiger partial charge in [-0.3, -0.25) is 4.98 Å². The summed E-state index contributed by atoms with van der Waals surface area (Å²) in [6.07, 6.45) is 1.93. The molecule has 0 aliphatic heterocycles. The summed E-state index contributed by atoms with van der Waals surface area (Å²) >= 11 is 1.61. The second kappa shape index (κ2) is 16.3. The maximum atomic E-state index is 7.00. The number of nitrogens with zero attached hydrogens (tertiary/aromatic N) is 1. The number of aliphatic hydroxyl groups excluding tert-OH is 1. The van der Waals surface area contributed by atoms with Crippen molar-refractivity contribution in [2.75, 3.05) is 7.11 Å². The van der Waals surface area contributed by atoms with Gasteiger partial charge in [0.2, 0.25) is 0 Å². The fourth-order valence-corrected chi connectivity index (χ4v) is 1.81. The van der Waals surface area contributed by atoms with Gasteiger partial charge in [-0.25, -0.2) is 0 Å². The Morgan fingerprint density at radius 2 is 1.32 bits per heavy atom. The number of halogens is 1. The average molecular weight is 508 g/mol. The third-order valence-electron chi connectivity index (χ3n) is 2.50. The molecule has 0 saturated carbocycles. The van der Waals surface area contributed by atoms with Gasteiger partial charge < -0.3 is 22.9 Å². The molecule has 0 spiro atoms. The molecule has 3 aromatic rings. The molecule has 5 nitrogen and oxygen atoms in total. The minimum atomic E-state index is 0. The minimum Gasteiger partial charge on any atom is -0.693 e. The number of rotatable bonds is 0. The van der Waals surface area contributed by atoms with Crippen molar-refractivity contribution in [2.24, 2.45) is 0 Å². The molecular weight excluding hydrogens is 485 g/mol. The van der Waals surface area contributed by atoms with E-state index >= 15 is 0 Å². The van der Waals surface area contributed by atoms with Crippen LogP contribution >= 0.6 is 9.42 Å². The Kier molecular flexibility index (Phi) is 21.5. The summed E-state index contributed by atoms with van der Waals surface area (Å²) in [5, 5.41) is 10.7. The Labute approximate surface area is 147 Å². The summed E-state index contributed by atoms with van der Waals surface area (Å²) < 4.78 is 0. The van der Waals surface area contributed by atoms with Gasteiger partial charge in [-0.15, -0.1) is 0 Å². The van der Waals surface area contributed by atoms with E-state index < -0.39 is 0 Å². The number of hydrogen-bond acceptors (Lipinski definition) is 2. The molecule has 0 bridgehead atoms. The summed E-state index contributed by atoms with van der Waals surface area (Å²) in [5.41, 5.74) is 1.06. The molecule has 0 atom stereocenters. The van der Waals surface area contributed by atoms with Gasteiger partial charge in [0, 0.05) is 24.1 Å². The summed E-state index contributed by atoms with van der Waals surface area (Å²) in [6, 6.07) is 16.6. The largest absolute Gasteiger partial charge is 0.693 e. The molecule has 1 heterocycles. The number of benzene rings is 2. The van der Waals surface area contributed by atoms with Crippen molar-refractivity contribution in [2.45, 2.75) is 7.43 Å². The first-order valence-electron chi connectivity index (χ1n) is 5.24. The van der Waals surface area contributed by atoms with Crippen LogP contribution in [0.2, 0.25) is 0 Å². The van der Waals surface area contributed by atoms with E-state index in [-0.39, 0.29) is 25.2 Å². The van der Waals surface area contributed by atoms with Crippen molar-refractivity contribution in [3.63, 3.8) is 0 Å². The first-order valence-corrected chi connectivity index (χ1v) is 8.06. The monoisotopic (exact) mass is 507 g/mol. The summed E-state index contributed by atoms with van der Waals surface area (Å²) in [7, 11) is 5.61. The standard InChI is InChI=1S/C13H9N.CH4O.CH4.ClH.2H2N.H2O.Pt/c1-2-6-11-10(5-1)9-14-13-8-4-3-7-12(11)13;1-2;;;;;;/h1-9H;2H,1H3;1H4;1H;3*1H2;/q;;;;2*-1;;+1/p-1. The summed E-state index contributed by atoms with van der Waals surface area (Å²) in [4.78, 5) is 4.41. The van der Waals surface area contributed by atoms with Crippen LogP contribution < -0.4 is 0 Å². The number of pyridine rings is 1. The predicted octanol–water partition coefficient (Wildman–Crippen LogP) is 4.93. The van der Waals surface area contributed by atoms with E-state index in [9.17, 15) is 0 Å². The van der Waals surface area contributed by atoms with Gasteiger partial charge in [-0.2, -0.15) is 0 Å². The van der Waals surface area contributed by atoms with E-state index in [1.807, 2.05) is 24.4 Å². The topological polar surface area (TPSA) is 132 Å². The van der Waals surface area contributed by atoms with Crippen molar-refractivity contribution in [3.05, 3.63) is 67.0 Å². The normalized spacial score (nSPS) is 7.50. The van der Waals surface area contributed by atoms with Crippen LogP contribution in [0.15, 0.2) is 54.7 Å². The number of nitrogens with two attached hydrogens (primary N) is 2. The van der Waals surface area contributed by atoms with Crippen molar-refractivity contribution < 1.29 is 29.4 Å². The number of fused-ring (bicyclic) bond motifs is 3. The Morgan fingerprint density at radius 3 is 1.91 bits per heavy atom. The average Bonchev–Trinajstić information content (AvgIpc) is 2.51. The van der Waals surface area contributed by atoms with Crippen LogP contribution in [0.25, 0.3) is 34.0 Å². The molecule has 0 fully saturated rings. The zero-order valence-corrected chi connectivity index (χ0v) is 14.5. The molecule has 0 saturated heterocycles. The molecule has 0 aliphatic carbocycles. The Balaban J connectivity index is -0.000000189. The van der Waals surface area contributed by atoms with Gasteiger partial charge in [0.1, 0.15) is 0 Å². The van der Waals surface area contributed by atoms with Gasteiger partial charge in [0.05, 0.1) is 5.52 Å². The van der Waals surface area contributed by atoms with E-state index in [0.29, 0.717) is 0 Å². The van der Waals surface area contributed by atoms with Crippen LogP contribution in [-0.2, 0) is 18.8 Å². The molecule has 2 aromatic carbocycles. The Morgan fingerprint density at radius 1 is 0.864 bits per heavy atom. The summed E-state index contributed by atoms with van der Waals surface area (Å²) in [5.74, 6) is 0. The second-order valence-electron chi connectivity index (χ2n) is 3.36. The molecule has 7 N–H and O–H groups in total. The number of para-hydroxylation sites is 1. The summed E-state index contributed by atoms with van der Waals surface area (Å²) in [6.45, 7) is 0. The van der Waals surface area contributed by atoms with Crippen molar-refractivity contribution in [1.82, 2.24) is 4.98 Å². The molecule has 0 radical (unpaired) electrons. The van der Waals surface area contributed by atoms with Gasteiger partial charge >= 0.3 is 28.2 Å². The van der Waals surface area contributed by atoms with E-state index in [1.165, 1.54) is 16.2 Å². The van der Waals surface area contributed by atoms with Crippen LogP contribution in [0.4, 0.5) is 0 Å².